The van der Waals surface area contributed by atoms with Crippen molar-refractivity contribution in [1.82, 2.24) is 9.88 Å². The molecule has 1 aromatic carbocycles. The molecule has 21 heavy (non-hydrogen) atoms. The third-order valence-electron chi connectivity index (χ3n) is 3.59. The van der Waals surface area contributed by atoms with E-state index in [1.165, 1.54) is 12.1 Å². The van der Waals surface area contributed by atoms with Crippen molar-refractivity contribution >= 4 is 11.6 Å². The van der Waals surface area contributed by atoms with Crippen molar-refractivity contribution in [2.24, 2.45) is 0 Å². The van der Waals surface area contributed by atoms with E-state index in [-0.39, 0.29) is 23.2 Å². The number of anilines is 1. The lowest BCUT2D eigenvalue weighted by atomic mass is 10.1. The number of benzene rings is 1. The molecule has 1 saturated carbocycles. The second-order valence-electron chi connectivity index (χ2n) is 5.19. The molecule has 2 aromatic rings. The fourth-order valence-corrected chi connectivity index (χ4v) is 2.30. The molecular weight excluding hydrogens is 269 g/mol. The summed E-state index contributed by atoms with van der Waals surface area (Å²) in [5.74, 6) is -0.797. The number of nitrogen functional groups attached to an aromatic ring is 1. The van der Waals surface area contributed by atoms with Crippen LogP contribution in [0.5, 0.6) is 0 Å². The molecule has 2 N–H and O–H groups in total. The van der Waals surface area contributed by atoms with Crippen LogP contribution in [-0.4, -0.2) is 21.8 Å². The first-order valence-corrected chi connectivity index (χ1v) is 6.91. The Morgan fingerprint density at radius 3 is 2.76 bits per heavy atom. The molecule has 3 rings (SSSR count). The molecule has 5 heteroatoms. The van der Waals surface area contributed by atoms with Crippen molar-refractivity contribution in [3.63, 3.8) is 0 Å². The minimum atomic E-state index is -0.561. The Labute approximate surface area is 122 Å². The summed E-state index contributed by atoms with van der Waals surface area (Å²) >= 11 is 0. The van der Waals surface area contributed by atoms with Gasteiger partial charge in [-0.15, -0.1) is 0 Å². The number of carbonyl (C=O) groups excluding carboxylic acids is 1. The van der Waals surface area contributed by atoms with Crippen molar-refractivity contribution in [2.75, 3.05) is 5.73 Å². The third-order valence-corrected chi connectivity index (χ3v) is 3.59. The van der Waals surface area contributed by atoms with Gasteiger partial charge in [0.2, 0.25) is 0 Å². The SMILES string of the molecule is Nc1c(F)cccc1C(=O)N(Cc1ccccn1)C1CC1. The van der Waals surface area contributed by atoms with E-state index < -0.39 is 5.82 Å². The number of halogens is 1. The Hall–Kier alpha value is -2.43. The zero-order valence-electron chi connectivity index (χ0n) is 11.5. The molecule has 1 fully saturated rings. The summed E-state index contributed by atoms with van der Waals surface area (Å²) in [7, 11) is 0. The average molecular weight is 285 g/mol. The highest BCUT2D eigenvalue weighted by molar-refractivity contribution is 5.99. The van der Waals surface area contributed by atoms with Crippen LogP contribution in [-0.2, 0) is 6.54 Å². The van der Waals surface area contributed by atoms with Crippen molar-refractivity contribution in [3.05, 3.63) is 59.7 Å². The van der Waals surface area contributed by atoms with Crippen LogP contribution in [0.2, 0.25) is 0 Å². The van der Waals surface area contributed by atoms with Gasteiger partial charge in [-0.2, -0.15) is 0 Å². The van der Waals surface area contributed by atoms with Gasteiger partial charge in [-0.1, -0.05) is 12.1 Å². The topological polar surface area (TPSA) is 59.2 Å². The van der Waals surface area contributed by atoms with E-state index >= 15 is 0 Å². The number of nitrogens with zero attached hydrogens (tertiary/aromatic N) is 2. The van der Waals surface area contributed by atoms with Gasteiger partial charge in [0, 0.05) is 12.2 Å². The molecule has 1 aliphatic rings. The van der Waals surface area contributed by atoms with Gasteiger partial charge in [0.1, 0.15) is 5.82 Å². The molecule has 0 saturated heterocycles. The monoisotopic (exact) mass is 285 g/mol. The van der Waals surface area contributed by atoms with E-state index in [4.69, 9.17) is 5.73 Å². The third kappa shape index (κ3) is 2.86. The van der Waals surface area contributed by atoms with Gasteiger partial charge >= 0.3 is 0 Å². The average Bonchev–Trinajstić information content (AvgIpc) is 3.33. The standard InChI is InChI=1S/C16H16FN3O/c17-14-6-3-5-13(15(14)18)16(21)20(12-7-8-12)10-11-4-1-2-9-19-11/h1-6,9,12H,7-8,10,18H2. The number of amides is 1. The van der Waals surface area contributed by atoms with E-state index in [2.05, 4.69) is 4.98 Å². The maximum atomic E-state index is 13.5. The molecule has 0 bridgehead atoms. The van der Waals surface area contributed by atoms with Gasteiger partial charge in [-0.25, -0.2) is 4.39 Å². The number of para-hydroxylation sites is 1. The molecule has 0 spiro atoms. The van der Waals surface area contributed by atoms with Crippen molar-refractivity contribution < 1.29 is 9.18 Å². The number of rotatable bonds is 4. The Balaban J connectivity index is 1.87. The lowest BCUT2D eigenvalue weighted by molar-refractivity contribution is 0.0728. The largest absolute Gasteiger partial charge is 0.396 e. The molecule has 1 heterocycles. The lowest BCUT2D eigenvalue weighted by Gasteiger charge is -2.23. The molecule has 1 aliphatic carbocycles. The second-order valence-corrected chi connectivity index (χ2v) is 5.19. The molecule has 0 atom stereocenters. The van der Waals surface area contributed by atoms with Gasteiger partial charge in [0.05, 0.1) is 23.5 Å². The minimum Gasteiger partial charge on any atom is -0.396 e. The maximum Gasteiger partial charge on any atom is 0.256 e. The number of hydrogen-bond donors (Lipinski definition) is 1. The first-order valence-electron chi connectivity index (χ1n) is 6.91. The smallest absolute Gasteiger partial charge is 0.256 e. The van der Waals surface area contributed by atoms with Gasteiger partial charge in [0.25, 0.3) is 5.91 Å². The summed E-state index contributed by atoms with van der Waals surface area (Å²) < 4.78 is 13.5. The van der Waals surface area contributed by atoms with Gasteiger partial charge < -0.3 is 10.6 Å². The number of pyridine rings is 1. The fourth-order valence-electron chi connectivity index (χ4n) is 2.30. The Kier molecular flexibility index (Phi) is 3.56. The summed E-state index contributed by atoms with van der Waals surface area (Å²) in [6.07, 6.45) is 3.63. The molecule has 0 unspecified atom stereocenters. The summed E-state index contributed by atoms with van der Waals surface area (Å²) in [4.78, 5) is 18.6. The number of hydrogen-bond acceptors (Lipinski definition) is 3. The second kappa shape index (κ2) is 5.52. The molecule has 0 radical (unpaired) electrons. The number of aromatic nitrogens is 1. The maximum absolute atomic E-state index is 13.5. The Morgan fingerprint density at radius 1 is 1.29 bits per heavy atom. The molecule has 108 valence electrons. The van der Waals surface area contributed by atoms with Gasteiger partial charge in [-0.3, -0.25) is 9.78 Å². The molecule has 1 amide bonds. The van der Waals surface area contributed by atoms with Crippen molar-refractivity contribution in [2.45, 2.75) is 25.4 Å². The lowest BCUT2D eigenvalue weighted by Crippen LogP contribution is -2.33. The van der Waals surface area contributed by atoms with Gasteiger partial charge in [-0.05, 0) is 37.1 Å². The quantitative estimate of drug-likeness (QED) is 0.878. The molecule has 4 nitrogen and oxygen atoms in total. The van der Waals surface area contributed by atoms with E-state index in [0.29, 0.717) is 6.54 Å². The van der Waals surface area contributed by atoms with E-state index in [9.17, 15) is 9.18 Å². The summed E-state index contributed by atoms with van der Waals surface area (Å²) in [6, 6.07) is 10.1. The summed E-state index contributed by atoms with van der Waals surface area (Å²) in [5, 5.41) is 0. The highest BCUT2D eigenvalue weighted by Gasteiger charge is 2.34. The van der Waals surface area contributed by atoms with Crippen LogP contribution in [0, 0.1) is 5.82 Å². The fraction of sp³-hybridized carbons (Fsp3) is 0.250. The van der Waals surface area contributed by atoms with Crippen LogP contribution in [0.15, 0.2) is 42.6 Å². The number of carbonyl (C=O) groups is 1. The predicted octanol–water partition coefficient (Wildman–Crippen LogP) is 2.61. The Morgan fingerprint density at radius 2 is 2.10 bits per heavy atom. The first-order chi connectivity index (χ1) is 10.2. The van der Waals surface area contributed by atoms with Crippen LogP contribution >= 0.6 is 0 Å². The zero-order valence-corrected chi connectivity index (χ0v) is 11.5. The molecular formula is C16H16FN3O. The molecule has 0 aliphatic heterocycles. The molecule has 1 aromatic heterocycles. The van der Waals surface area contributed by atoms with Crippen LogP contribution in [0.4, 0.5) is 10.1 Å². The predicted molar refractivity (Wildman–Crippen MR) is 77.9 cm³/mol. The highest BCUT2D eigenvalue weighted by Crippen LogP contribution is 2.30. The van der Waals surface area contributed by atoms with Crippen molar-refractivity contribution in [3.8, 4) is 0 Å². The first kappa shape index (κ1) is 13.5. The van der Waals surface area contributed by atoms with E-state index in [1.807, 2.05) is 18.2 Å². The normalized spacial score (nSPS) is 14.0. The summed E-state index contributed by atoms with van der Waals surface area (Å²) in [5.41, 5.74) is 6.64. The van der Waals surface area contributed by atoms with E-state index in [0.717, 1.165) is 18.5 Å². The van der Waals surface area contributed by atoms with Crippen LogP contribution in [0.25, 0.3) is 0 Å². The number of nitrogens with two attached hydrogens (primary N) is 1. The van der Waals surface area contributed by atoms with Crippen LogP contribution in [0.3, 0.4) is 0 Å². The van der Waals surface area contributed by atoms with Crippen LogP contribution in [0.1, 0.15) is 28.9 Å². The highest BCUT2D eigenvalue weighted by atomic mass is 19.1. The zero-order chi connectivity index (χ0) is 14.8. The van der Waals surface area contributed by atoms with Crippen molar-refractivity contribution in [1.29, 1.82) is 0 Å². The summed E-state index contributed by atoms with van der Waals surface area (Å²) in [6.45, 7) is 0.417. The van der Waals surface area contributed by atoms with Gasteiger partial charge in [0.15, 0.2) is 0 Å². The Bertz CT molecular complexity index is 656. The van der Waals surface area contributed by atoms with Crippen LogP contribution < -0.4 is 5.73 Å². The minimum absolute atomic E-state index is 0.0887. The van der Waals surface area contributed by atoms with E-state index in [1.54, 1.807) is 17.2 Å².